The summed E-state index contributed by atoms with van der Waals surface area (Å²) in [6, 6.07) is 11.2. The van der Waals surface area contributed by atoms with E-state index in [4.69, 9.17) is 21.1 Å². The summed E-state index contributed by atoms with van der Waals surface area (Å²) >= 11 is 6.32. The summed E-state index contributed by atoms with van der Waals surface area (Å²) < 4.78 is 15.6. The summed E-state index contributed by atoms with van der Waals surface area (Å²) in [5.41, 5.74) is 2.32. The van der Waals surface area contributed by atoms with Gasteiger partial charge in [0.15, 0.2) is 11.5 Å². The molecule has 2 aromatic carbocycles. The lowest BCUT2D eigenvalue weighted by Gasteiger charge is -2.05. The minimum Gasteiger partial charge on any atom is -0.454 e. The van der Waals surface area contributed by atoms with E-state index < -0.39 is 0 Å². The van der Waals surface area contributed by atoms with Crippen molar-refractivity contribution in [3.63, 3.8) is 0 Å². The van der Waals surface area contributed by atoms with Gasteiger partial charge in [-0.2, -0.15) is 0 Å². The van der Waals surface area contributed by atoms with Crippen molar-refractivity contribution in [3.8, 4) is 11.5 Å². The monoisotopic (exact) mass is 356 g/mol. The van der Waals surface area contributed by atoms with Crippen LogP contribution in [-0.4, -0.2) is 25.5 Å². The van der Waals surface area contributed by atoms with E-state index in [1.54, 1.807) is 16.5 Å². The lowest BCUT2D eigenvalue weighted by molar-refractivity contribution is 0.174. The molecule has 0 N–H and O–H groups in total. The minimum absolute atomic E-state index is 0.176. The summed E-state index contributed by atoms with van der Waals surface area (Å²) in [4.78, 5) is 12.9. The average Bonchev–Trinajstić information content (AvgIpc) is 3.26. The van der Waals surface area contributed by atoms with Crippen LogP contribution in [0.25, 0.3) is 16.8 Å². The third kappa shape index (κ3) is 1.99. The van der Waals surface area contributed by atoms with Crippen LogP contribution in [0.4, 0.5) is 0 Å². The van der Waals surface area contributed by atoms with E-state index in [1.165, 1.54) is 4.68 Å². The van der Waals surface area contributed by atoms with Crippen LogP contribution in [0, 0.1) is 0 Å². The average molecular weight is 357 g/mol. The van der Waals surface area contributed by atoms with Crippen molar-refractivity contribution in [2.24, 2.45) is 7.05 Å². The summed E-state index contributed by atoms with van der Waals surface area (Å²) in [6.45, 7) is 0.430. The number of benzene rings is 2. The lowest BCUT2D eigenvalue weighted by atomic mass is 10.2. The minimum atomic E-state index is -0.208. The van der Waals surface area contributed by atoms with E-state index in [9.17, 15) is 4.79 Å². The van der Waals surface area contributed by atoms with Gasteiger partial charge in [-0.25, -0.2) is 13.9 Å². The number of rotatable bonds is 2. The van der Waals surface area contributed by atoms with Crippen molar-refractivity contribution >= 4 is 28.4 Å². The zero-order valence-corrected chi connectivity index (χ0v) is 14.0. The van der Waals surface area contributed by atoms with Gasteiger partial charge in [0.2, 0.25) is 12.6 Å². The van der Waals surface area contributed by atoms with Gasteiger partial charge in [-0.05, 0) is 23.8 Å². The van der Waals surface area contributed by atoms with Gasteiger partial charge in [0, 0.05) is 18.1 Å². The normalized spacial score (nSPS) is 13.2. The highest BCUT2D eigenvalue weighted by Gasteiger charge is 2.19. The number of imidazole rings is 1. The maximum Gasteiger partial charge on any atom is 0.352 e. The van der Waals surface area contributed by atoms with Crippen molar-refractivity contribution in [2.75, 3.05) is 6.79 Å². The zero-order valence-electron chi connectivity index (χ0n) is 13.3. The van der Waals surface area contributed by atoms with Gasteiger partial charge in [0.05, 0.1) is 17.6 Å². The number of aromatic nitrogens is 4. The Morgan fingerprint density at radius 1 is 1.16 bits per heavy atom. The van der Waals surface area contributed by atoms with E-state index in [0.717, 1.165) is 16.6 Å². The number of ether oxygens (including phenoxy) is 2. The van der Waals surface area contributed by atoms with Crippen LogP contribution in [-0.2, 0) is 13.6 Å². The number of aryl methyl sites for hydroxylation is 1. The first-order valence-electron chi connectivity index (χ1n) is 7.74. The predicted octanol–water partition coefficient (Wildman–Crippen LogP) is 2.42. The Labute approximate surface area is 146 Å². The van der Waals surface area contributed by atoms with E-state index in [2.05, 4.69) is 5.10 Å². The molecular formula is C17H13ClN4O3. The number of para-hydroxylation sites is 2. The molecule has 4 aromatic rings. The maximum atomic E-state index is 12.9. The molecule has 126 valence electrons. The first-order valence-corrected chi connectivity index (χ1v) is 8.12. The summed E-state index contributed by atoms with van der Waals surface area (Å²) in [5.74, 6) is 1.83. The fraction of sp³-hybridized carbons (Fsp3) is 0.176. The quantitative estimate of drug-likeness (QED) is 0.553. The summed E-state index contributed by atoms with van der Waals surface area (Å²) in [6.07, 6.45) is 0. The molecular weight excluding hydrogens is 344 g/mol. The smallest absolute Gasteiger partial charge is 0.352 e. The molecule has 0 atom stereocenters. The Hall–Kier alpha value is -2.93. The van der Waals surface area contributed by atoms with Crippen molar-refractivity contribution < 1.29 is 9.47 Å². The number of hydrogen-bond donors (Lipinski definition) is 0. The maximum absolute atomic E-state index is 12.9. The molecule has 0 amide bonds. The van der Waals surface area contributed by atoms with E-state index in [0.29, 0.717) is 22.3 Å². The molecule has 8 heteroatoms. The number of fused-ring (bicyclic) bond motifs is 4. The van der Waals surface area contributed by atoms with Crippen molar-refractivity contribution in [2.45, 2.75) is 6.54 Å². The molecule has 7 nitrogen and oxygen atoms in total. The first kappa shape index (κ1) is 14.4. The van der Waals surface area contributed by atoms with Gasteiger partial charge in [-0.15, -0.1) is 5.10 Å². The fourth-order valence-electron chi connectivity index (χ4n) is 3.21. The van der Waals surface area contributed by atoms with Gasteiger partial charge in [0.25, 0.3) is 0 Å². The van der Waals surface area contributed by atoms with Gasteiger partial charge in [0.1, 0.15) is 0 Å². The second-order valence-corrected chi connectivity index (χ2v) is 6.33. The second-order valence-electron chi connectivity index (χ2n) is 5.92. The lowest BCUT2D eigenvalue weighted by Crippen LogP contribution is -2.21. The first-order chi connectivity index (χ1) is 12.1. The third-order valence-electron chi connectivity index (χ3n) is 4.47. The highest BCUT2D eigenvalue weighted by molar-refractivity contribution is 6.31. The molecule has 3 heterocycles. The highest BCUT2D eigenvalue weighted by Crippen LogP contribution is 2.36. The summed E-state index contributed by atoms with van der Waals surface area (Å²) in [5, 5.41) is 4.99. The predicted molar refractivity (Wildman–Crippen MR) is 92.6 cm³/mol. The molecule has 1 aliphatic heterocycles. The number of halogens is 1. The second kappa shape index (κ2) is 5.03. The van der Waals surface area contributed by atoms with Crippen LogP contribution in [0.2, 0.25) is 5.02 Å². The SMILES string of the molecule is Cn1c2ccccc2n2c(=O)n(Cc3cc4c(cc3Cl)OCO4)nc12. The largest absolute Gasteiger partial charge is 0.454 e. The van der Waals surface area contributed by atoms with Crippen LogP contribution < -0.4 is 15.2 Å². The Kier molecular flexibility index (Phi) is 2.90. The Balaban J connectivity index is 1.66. The highest BCUT2D eigenvalue weighted by atomic mass is 35.5. The molecule has 1 aliphatic rings. The van der Waals surface area contributed by atoms with Gasteiger partial charge >= 0.3 is 5.69 Å². The molecule has 0 unspecified atom stereocenters. The van der Waals surface area contributed by atoms with Gasteiger partial charge < -0.3 is 14.0 Å². The summed E-state index contributed by atoms with van der Waals surface area (Å²) in [7, 11) is 1.89. The van der Waals surface area contributed by atoms with Crippen LogP contribution >= 0.6 is 11.6 Å². The Bertz CT molecular complexity index is 1200. The van der Waals surface area contributed by atoms with Crippen molar-refractivity contribution in [1.82, 2.24) is 18.7 Å². The van der Waals surface area contributed by atoms with Crippen LogP contribution in [0.15, 0.2) is 41.2 Å². The van der Waals surface area contributed by atoms with Crippen LogP contribution in [0.3, 0.4) is 0 Å². The molecule has 0 saturated heterocycles. The zero-order chi connectivity index (χ0) is 17.1. The van der Waals surface area contributed by atoms with Crippen LogP contribution in [0.1, 0.15) is 5.56 Å². The van der Waals surface area contributed by atoms with Crippen molar-refractivity contribution in [3.05, 3.63) is 57.5 Å². The molecule has 2 aromatic heterocycles. The molecule has 0 radical (unpaired) electrons. The van der Waals surface area contributed by atoms with E-state index in [-0.39, 0.29) is 19.0 Å². The molecule has 0 bridgehead atoms. The third-order valence-corrected chi connectivity index (χ3v) is 4.82. The van der Waals surface area contributed by atoms with E-state index >= 15 is 0 Å². The number of hydrogen-bond acceptors (Lipinski definition) is 4. The van der Waals surface area contributed by atoms with Gasteiger partial charge in [-0.3, -0.25) is 0 Å². The molecule has 0 aliphatic carbocycles. The fourth-order valence-corrected chi connectivity index (χ4v) is 3.43. The topological polar surface area (TPSA) is 62.7 Å². The van der Waals surface area contributed by atoms with Gasteiger partial charge in [-0.1, -0.05) is 23.7 Å². The molecule has 5 rings (SSSR count). The molecule has 0 saturated carbocycles. The van der Waals surface area contributed by atoms with E-state index in [1.807, 2.05) is 35.9 Å². The molecule has 25 heavy (non-hydrogen) atoms. The van der Waals surface area contributed by atoms with Crippen LogP contribution in [0.5, 0.6) is 11.5 Å². The molecule has 0 spiro atoms. The molecule has 0 fully saturated rings. The Morgan fingerprint density at radius 3 is 2.68 bits per heavy atom. The van der Waals surface area contributed by atoms with Crippen molar-refractivity contribution in [1.29, 1.82) is 0 Å². The Morgan fingerprint density at radius 2 is 1.88 bits per heavy atom. The standard InChI is InChI=1S/C17H13ClN4O3/c1-20-12-4-2-3-5-13(12)22-16(20)19-21(17(22)23)8-10-6-14-15(7-11(10)18)25-9-24-14/h2-7H,8-9H2,1H3. The number of nitrogens with zero attached hydrogens (tertiary/aromatic N) is 4.